The highest BCUT2D eigenvalue weighted by molar-refractivity contribution is 6.18. The van der Waals surface area contributed by atoms with Gasteiger partial charge >= 0.3 is 5.97 Å². The van der Waals surface area contributed by atoms with Crippen LogP contribution < -0.4 is 14.2 Å². The molecule has 6 unspecified atom stereocenters. The highest BCUT2D eigenvalue weighted by atomic mass is 35.5. The van der Waals surface area contributed by atoms with Crippen LogP contribution in [0.15, 0.2) is 29.9 Å². The lowest BCUT2D eigenvalue weighted by Gasteiger charge is -2.48. The van der Waals surface area contributed by atoms with E-state index in [4.69, 9.17) is 40.0 Å². The zero-order valence-electron chi connectivity index (χ0n) is 22.7. The third kappa shape index (κ3) is 6.25. The quantitative estimate of drug-likeness (QED) is 0.144. The summed E-state index contributed by atoms with van der Waals surface area (Å²) in [5.41, 5.74) is 0.0239. The van der Waals surface area contributed by atoms with E-state index < -0.39 is 35.3 Å². The molecule has 1 saturated carbocycles. The fourth-order valence-corrected chi connectivity index (χ4v) is 5.68. The molecule has 1 aliphatic carbocycles. The Morgan fingerprint density at radius 3 is 2.32 bits per heavy atom. The number of carbonyl (C=O) groups excluding carboxylic acids is 1. The van der Waals surface area contributed by atoms with Crippen LogP contribution in [0.3, 0.4) is 0 Å². The first-order valence-corrected chi connectivity index (χ1v) is 12.9. The minimum atomic E-state index is -1.20. The smallest absolute Gasteiger partial charge is 0.331 e. The second kappa shape index (κ2) is 12.1. The van der Waals surface area contributed by atoms with Crippen molar-refractivity contribution in [2.45, 2.75) is 69.5 Å². The average Bonchev–Trinajstić information content (AvgIpc) is 3.56. The molecule has 37 heavy (non-hydrogen) atoms. The van der Waals surface area contributed by atoms with Gasteiger partial charge in [-0.15, -0.1) is 11.6 Å². The van der Waals surface area contributed by atoms with Crippen LogP contribution in [0.2, 0.25) is 0 Å². The molecule has 1 aromatic rings. The second-order valence-corrected chi connectivity index (χ2v) is 10.3. The molecular weight excluding hydrogens is 500 g/mol. The van der Waals surface area contributed by atoms with Gasteiger partial charge in [-0.2, -0.15) is 0 Å². The van der Waals surface area contributed by atoms with Crippen molar-refractivity contribution >= 4 is 23.6 Å². The van der Waals surface area contributed by atoms with Crippen molar-refractivity contribution in [1.29, 1.82) is 0 Å². The van der Waals surface area contributed by atoms with E-state index in [0.29, 0.717) is 35.7 Å². The van der Waals surface area contributed by atoms with Gasteiger partial charge in [0.2, 0.25) is 5.75 Å². The molecule has 9 heteroatoms. The van der Waals surface area contributed by atoms with Gasteiger partial charge in [0.1, 0.15) is 17.8 Å². The van der Waals surface area contributed by atoms with E-state index in [1.165, 1.54) is 33.0 Å². The molecule has 0 bridgehead atoms. The largest absolute Gasteiger partial charge is 0.493 e. The number of carbonyl (C=O) groups is 1. The molecule has 1 aliphatic heterocycles. The summed E-state index contributed by atoms with van der Waals surface area (Å²) in [6, 6.07) is 3.47. The monoisotopic (exact) mass is 538 g/mol. The minimum Gasteiger partial charge on any atom is -0.493 e. The number of esters is 1. The summed E-state index contributed by atoms with van der Waals surface area (Å²) in [4.78, 5) is 12.8. The summed E-state index contributed by atoms with van der Waals surface area (Å²) in [5.74, 6) is 0.456. The predicted molar refractivity (Wildman–Crippen MR) is 142 cm³/mol. The van der Waals surface area contributed by atoms with Gasteiger partial charge in [0.25, 0.3) is 0 Å². The van der Waals surface area contributed by atoms with E-state index >= 15 is 0 Å². The molecule has 1 aromatic carbocycles. The van der Waals surface area contributed by atoms with E-state index in [1.54, 1.807) is 25.3 Å². The predicted octanol–water partition coefficient (Wildman–Crippen LogP) is 4.55. The van der Waals surface area contributed by atoms with Gasteiger partial charge in [0.15, 0.2) is 11.5 Å². The number of methoxy groups -OCH3 is 4. The lowest BCUT2D eigenvalue weighted by atomic mass is 9.66. The standard InChI is InChI=1S/C28H39ClO8/c1-17(2)8-10-22-27(3,37-22)26-25(35-7)19(12-13-28(26,31)16-29)36-23(30)11-9-18-14-20(32-4)24(34-6)21(15-18)33-5/h8-9,11,14-15,19,22,25-26,31H,10,12-13,16H2,1-7H3/b11-9+. The first-order chi connectivity index (χ1) is 17.6. The van der Waals surface area contributed by atoms with Crippen LogP contribution in [-0.2, 0) is 19.0 Å². The summed E-state index contributed by atoms with van der Waals surface area (Å²) in [6.45, 7) is 6.04. The normalized spacial score (nSPS) is 31.1. The summed E-state index contributed by atoms with van der Waals surface area (Å²) in [7, 11) is 6.14. The van der Waals surface area contributed by atoms with Gasteiger partial charge in [-0.05, 0) is 63.8 Å². The zero-order valence-corrected chi connectivity index (χ0v) is 23.5. The lowest BCUT2D eigenvalue weighted by molar-refractivity contribution is -0.189. The van der Waals surface area contributed by atoms with Crippen molar-refractivity contribution in [1.82, 2.24) is 0 Å². The molecule has 0 spiro atoms. The average molecular weight is 539 g/mol. The Labute approximate surface area is 224 Å². The summed E-state index contributed by atoms with van der Waals surface area (Å²) < 4.78 is 33.9. The number of ether oxygens (including phenoxy) is 6. The second-order valence-electron chi connectivity index (χ2n) is 10.0. The van der Waals surface area contributed by atoms with Gasteiger partial charge in [0, 0.05) is 13.2 Å². The topological polar surface area (TPSA) is 96.0 Å². The molecule has 0 amide bonds. The van der Waals surface area contributed by atoms with Gasteiger partial charge in [0.05, 0.1) is 44.8 Å². The van der Waals surface area contributed by atoms with Crippen molar-refractivity contribution in [3.63, 3.8) is 0 Å². The Kier molecular flexibility index (Phi) is 9.56. The Balaban J connectivity index is 1.78. The lowest BCUT2D eigenvalue weighted by Crippen LogP contribution is -2.61. The van der Waals surface area contributed by atoms with Crippen molar-refractivity contribution in [3.05, 3.63) is 35.4 Å². The SMILES string of the molecule is COc1cc(/C=C/C(=O)OC2CCC(O)(CCl)C(C3(C)OC3CC=C(C)C)C2OC)cc(OC)c1OC. The number of epoxide rings is 1. The van der Waals surface area contributed by atoms with Crippen LogP contribution in [0.1, 0.15) is 45.6 Å². The van der Waals surface area contributed by atoms with Crippen LogP contribution >= 0.6 is 11.6 Å². The molecule has 1 N–H and O–H groups in total. The molecule has 2 fully saturated rings. The Hall–Kier alpha value is -2.26. The molecular formula is C28H39ClO8. The van der Waals surface area contributed by atoms with Crippen LogP contribution in [-0.4, -0.2) is 74.9 Å². The number of halogens is 1. The summed E-state index contributed by atoms with van der Waals surface area (Å²) >= 11 is 6.27. The molecule has 206 valence electrons. The van der Waals surface area contributed by atoms with Crippen LogP contribution in [0, 0.1) is 5.92 Å². The fourth-order valence-electron chi connectivity index (χ4n) is 5.38. The van der Waals surface area contributed by atoms with E-state index in [2.05, 4.69) is 6.08 Å². The molecule has 0 radical (unpaired) electrons. The van der Waals surface area contributed by atoms with Crippen molar-refractivity contribution < 1.29 is 38.3 Å². The van der Waals surface area contributed by atoms with E-state index in [9.17, 15) is 9.90 Å². The highest BCUT2D eigenvalue weighted by Gasteiger charge is 2.67. The van der Waals surface area contributed by atoms with Crippen LogP contribution in [0.25, 0.3) is 6.08 Å². The van der Waals surface area contributed by atoms with Crippen LogP contribution in [0.4, 0.5) is 0 Å². The summed E-state index contributed by atoms with van der Waals surface area (Å²) in [6.07, 6.45) is 5.36. The molecule has 0 aromatic heterocycles. The summed E-state index contributed by atoms with van der Waals surface area (Å²) in [5, 5.41) is 11.5. The number of allylic oxidation sites excluding steroid dienone is 1. The van der Waals surface area contributed by atoms with Crippen molar-refractivity contribution in [2.24, 2.45) is 5.92 Å². The molecule has 6 atom stereocenters. The van der Waals surface area contributed by atoms with Gasteiger partial charge in [-0.25, -0.2) is 4.79 Å². The number of hydrogen-bond donors (Lipinski definition) is 1. The third-order valence-corrected chi connectivity index (χ3v) is 7.80. The number of hydrogen-bond acceptors (Lipinski definition) is 8. The van der Waals surface area contributed by atoms with Crippen LogP contribution in [0.5, 0.6) is 17.2 Å². The third-order valence-electron chi connectivity index (χ3n) is 7.34. The maximum absolute atomic E-state index is 12.8. The first-order valence-electron chi connectivity index (χ1n) is 12.4. The molecule has 1 saturated heterocycles. The minimum absolute atomic E-state index is 0.0353. The number of alkyl halides is 1. The van der Waals surface area contributed by atoms with Gasteiger partial charge in [-0.1, -0.05) is 11.6 Å². The van der Waals surface area contributed by atoms with Crippen molar-refractivity contribution in [2.75, 3.05) is 34.3 Å². The number of benzene rings is 1. The fraction of sp³-hybridized carbons (Fsp3) is 0.607. The Bertz CT molecular complexity index is 994. The molecule has 2 aliphatic rings. The van der Waals surface area contributed by atoms with Gasteiger partial charge < -0.3 is 33.5 Å². The zero-order chi connectivity index (χ0) is 27.4. The molecule has 8 nitrogen and oxygen atoms in total. The number of aliphatic hydroxyl groups is 1. The molecule has 3 rings (SSSR count). The van der Waals surface area contributed by atoms with E-state index in [0.717, 1.165) is 6.42 Å². The maximum Gasteiger partial charge on any atom is 0.331 e. The van der Waals surface area contributed by atoms with E-state index in [-0.39, 0.29) is 12.0 Å². The van der Waals surface area contributed by atoms with E-state index in [1.807, 2.05) is 20.8 Å². The maximum atomic E-state index is 12.8. The first kappa shape index (κ1) is 29.3. The molecule has 1 heterocycles. The Morgan fingerprint density at radius 1 is 1.16 bits per heavy atom. The highest BCUT2D eigenvalue weighted by Crippen LogP contribution is 2.55. The van der Waals surface area contributed by atoms with Gasteiger partial charge in [-0.3, -0.25) is 0 Å². The number of rotatable bonds is 11. The van der Waals surface area contributed by atoms with Crippen molar-refractivity contribution in [3.8, 4) is 17.2 Å². The Morgan fingerprint density at radius 2 is 1.81 bits per heavy atom.